The second kappa shape index (κ2) is 6.74. The summed E-state index contributed by atoms with van der Waals surface area (Å²) in [6, 6.07) is 3.57. The summed E-state index contributed by atoms with van der Waals surface area (Å²) < 4.78 is 25.0. The lowest BCUT2D eigenvalue weighted by molar-refractivity contribution is -0.120. The molecule has 1 rings (SSSR count). The van der Waals surface area contributed by atoms with Crippen molar-refractivity contribution in [2.75, 3.05) is 6.54 Å². The average molecular weight is 374 g/mol. The van der Waals surface area contributed by atoms with E-state index in [4.69, 9.17) is 11.5 Å². The molecule has 0 saturated heterocycles. The Morgan fingerprint density at radius 2 is 2.10 bits per heavy atom. The molecule has 112 valence electrons. The Kier molecular flexibility index (Phi) is 5.52. The third-order valence-corrected chi connectivity index (χ3v) is 5.73. The highest BCUT2D eigenvalue weighted by Gasteiger charge is 2.31. The molecule has 8 heteroatoms. The summed E-state index contributed by atoms with van der Waals surface area (Å²) in [6.45, 7) is 1.12. The van der Waals surface area contributed by atoms with Crippen molar-refractivity contribution in [3.8, 4) is 12.3 Å². The molecule has 6 nitrogen and oxygen atoms in total. The predicted octanol–water partition coefficient (Wildman–Crippen LogP) is 1.06. The summed E-state index contributed by atoms with van der Waals surface area (Å²) >= 11 is 3.05. The van der Waals surface area contributed by atoms with Gasteiger partial charge in [0.05, 0.1) is 17.0 Å². The maximum absolute atomic E-state index is 12.4. The number of nitrogens with one attached hydrogen (secondary N) is 1. The van der Waals surface area contributed by atoms with Gasteiger partial charge in [-0.15, -0.1) is 6.42 Å². The molecule has 0 heterocycles. The van der Waals surface area contributed by atoms with Crippen molar-refractivity contribution in [3.63, 3.8) is 0 Å². The summed E-state index contributed by atoms with van der Waals surface area (Å²) in [7, 11) is -4.05. The summed E-state index contributed by atoms with van der Waals surface area (Å²) in [5.41, 5.74) is -0.187. The molecule has 1 atom stereocenters. The SMILES string of the molecule is C#CCNC(=O)C(C)S(=O)(=O)c1cc(C(=O)O)ccc1Br. The van der Waals surface area contributed by atoms with Crippen LogP contribution in [0.3, 0.4) is 0 Å². The first-order valence-corrected chi connectivity index (χ1v) is 8.03. The summed E-state index contributed by atoms with van der Waals surface area (Å²) in [6.07, 6.45) is 4.99. The highest BCUT2D eigenvalue weighted by atomic mass is 79.9. The smallest absolute Gasteiger partial charge is 0.335 e. The molecule has 0 bridgehead atoms. The number of aromatic carboxylic acids is 1. The first-order valence-electron chi connectivity index (χ1n) is 5.69. The standard InChI is InChI=1S/C13H12BrNO5S/c1-3-6-15-12(16)8(2)21(19,20)11-7-9(13(17)18)4-5-10(11)14/h1,4-5,7-8H,6H2,2H3,(H,15,16)(H,17,18). The monoisotopic (exact) mass is 373 g/mol. The van der Waals surface area contributed by atoms with E-state index in [0.717, 1.165) is 6.07 Å². The Balaban J connectivity index is 3.25. The molecule has 1 aromatic carbocycles. The van der Waals surface area contributed by atoms with Gasteiger partial charge in [0.25, 0.3) is 0 Å². The van der Waals surface area contributed by atoms with Crippen LogP contribution in [0.5, 0.6) is 0 Å². The van der Waals surface area contributed by atoms with Gasteiger partial charge < -0.3 is 10.4 Å². The van der Waals surface area contributed by atoms with Crippen LogP contribution in [0.1, 0.15) is 17.3 Å². The third-order valence-electron chi connectivity index (χ3n) is 2.68. The highest BCUT2D eigenvalue weighted by Crippen LogP contribution is 2.26. The molecule has 0 spiro atoms. The van der Waals surface area contributed by atoms with Gasteiger partial charge in [0.15, 0.2) is 9.84 Å². The number of carbonyl (C=O) groups is 2. The molecule has 0 radical (unpaired) electrons. The van der Waals surface area contributed by atoms with E-state index in [9.17, 15) is 18.0 Å². The van der Waals surface area contributed by atoms with Crippen LogP contribution in [0.4, 0.5) is 0 Å². The normalized spacial score (nSPS) is 12.2. The largest absolute Gasteiger partial charge is 0.478 e. The zero-order valence-electron chi connectivity index (χ0n) is 11.0. The van der Waals surface area contributed by atoms with Gasteiger partial charge in [-0.3, -0.25) is 4.79 Å². The van der Waals surface area contributed by atoms with Crippen LogP contribution in [0.2, 0.25) is 0 Å². The molecule has 0 fully saturated rings. The van der Waals surface area contributed by atoms with Gasteiger partial charge in [-0.05, 0) is 41.1 Å². The lowest BCUT2D eigenvalue weighted by Gasteiger charge is -2.14. The number of terminal acetylenes is 1. The lowest BCUT2D eigenvalue weighted by atomic mass is 10.2. The quantitative estimate of drug-likeness (QED) is 0.751. The number of benzene rings is 1. The number of halogens is 1. The molecule has 1 amide bonds. The number of rotatable bonds is 5. The predicted molar refractivity (Wildman–Crippen MR) is 79.6 cm³/mol. The summed E-state index contributed by atoms with van der Waals surface area (Å²) in [4.78, 5) is 22.4. The van der Waals surface area contributed by atoms with Gasteiger partial charge in [-0.25, -0.2) is 13.2 Å². The van der Waals surface area contributed by atoms with E-state index in [2.05, 4.69) is 27.2 Å². The molecule has 0 aliphatic heterocycles. The van der Waals surface area contributed by atoms with E-state index in [-0.39, 0.29) is 21.5 Å². The Hall–Kier alpha value is -1.85. The van der Waals surface area contributed by atoms with Gasteiger partial charge in [-0.2, -0.15) is 0 Å². The number of carbonyl (C=O) groups excluding carboxylic acids is 1. The minimum absolute atomic E-state index is 0.0883. The first kappa shape index (κ1) is 17.2. The Labute approximate surface area is 130 Å². The topological polar surface area (TPSA) is 101 Å². The molecular formula is C13H12BrNO5S. The van der Waals surface area contributed by atoms with Gasteiger partial charge >= 0.3 is 5.97 Å². The van der Waals surface area contributed by atoms with Gasteiger partial charge in [0.1, 0.15) is 5.25 Å². The fourth-order valence-electron chi connectivity index (χ4n) is 1.47. The number of amides is 1. The Morgan fingerprint density at radius 3 is 2.62 bits per heavy atom. The molecular weight excluding hydrogens is 362 g/mol. The van der Waals surface area contributed by atoms with Crippen LogP contribution in [0, 0.1) is 12.3 Å². The van der Waals surface area contributed by atoms with Crippen LogP contribution in [0.25, 0.3) is 0 Å². The second-order valence-electron chi connectivity index (χ2n) is 4.06. The van der Waals surface area contributed by atoms with E-state index >= 15 is 0 Å². The summed E-state index contributed by atoms with van der Waals surface area (Å²) in [5.74, 6) is 0.156. The van der Waals surface area contributed by atoms with Crippen molar-refractivity contribution < 1.29 is 23.1 Å². The maximum atomic E-state index is 12.4. The van der Waals surface area contributed by atoms with E-state index in [0.29, 0.717) is 0 Å². The van der Waals surface area contributed by atoms with Crippen molar-refractivity contribution in [2.24, 2.45) is 0 Å². The van der Waals surface area contributed by atoms with Gasteiger partial charge in [0.2, 0.25) is 5.91 Å². The zero-order valence-corrected chi connectivity index (χ0v) is 13.4. The van der Waals surface area contributed by atoms with Crippen molar-refractivity contribution in [3.05, 3.63) is 28.2 Å². The first-order chi connectivity index (χ1) is 9.71. The van der Waals surface area contributed by atoms with Crippen LogP contribution in [0.15, 0.2) is 27.6 Å². The van der Waals surface area contributed by atoms with Crippen molar-refractivity contribution in [1.29, 1.82) is 0 Å². The minimum Gasteiger partial charge on any atom is -0.478 e. The lowest BCUT2D eigenvalue weighted by Crippen LogP contribution is -2.38. The fourth-order valence-corrected chi connectivity index (χ4v) is 3.77. The van der Waals surface area contributed by atoms with Crippen LogP contribution in [-0.4, -0.2) is 37.2 Å². The van der Waals surface area contributed by atoms with E-state index in [1.54, 1.807) is 0 Å². The fraction of sp³-hybridized carbons (Fsp3) is 0.231. The number of hydrogen-bond acceptors (Lipinski definition) is 4. The number of carboxylic acid groups (broad SMARTS) is 1. The molecule has 1 aromatic rings. The Bertz CT molecular complexity index is 721. The zero-order chi connectivity index (χ0) is 16.2. The molecule has 2 N–H and O–H groups in total. The molecule has 21 heavy (non-hydrogen) atoms. The molecule has 0 saturated carbocycles. The van der Waals surface area contributed by atoms with E-state index in [1.165, 1.54) is 19.1 Å². The Morgan fingerprint density at radius 1 is 1.48 bits per heavy atom. The van der Waals surface area contributed by atoms with E-state index < -0.39 is 27.0 Å². The van der Waals surface area contributed by atoms with Crippen molar-refractivity contribution >= 4 is 37.6 Å². The minimum atomic E-state index is -4.05. The second-order valence-corrected chi connectivity index (χ2v) is 7.15. The number of sulfone groups is 1. The third kappa shape index (κ3) is 3.83. The summed E-state index contributed by atoms with van der Waals surface area (Å²) in [5, 5.41) is 9.80. The average Bonchev–Trinajstić information content (AvgIpc) is 2.43. The van der Waals surface area contributed by atoms with Crippen LogP contribution >= 0.6 is 15.9 Å². The van der Waals surface area contributed by atoms with Crippen LogP contribution in [-0.2, 0) is 14.6 Å². The molecule has 0 aliphatic carbocycles. The maximum Gasteiger partial charge on any atom is 0.335 e. The highest BCUT2D eigenvalue weighted by molar-refractivity contribution is 9.10. The molecule has 1 unspecified atom stereocenters. The van der Waals surface area contributed by atoms with Crippen molar-refractivity contribution in [2.45, 2.75) is 17.1 Å². The molecule has 0 aliphatic rings. The molecule has 0 aromatic heterocycles. The van der Waals surface area contributed by atoms with Crippen LogP contribution < -0.4 is 5.32 Å². The van der Waals surface area contributed by atoms with E-state index in [1.807, 2.05) is 0 Å². The van der Waals surface area contributed by atoms with Gasteiger partial charge in [-0.1, -0.05) is 5.92 Å². The van der Waals surface area contributed by atoms with Gasteiger partial charge in [0, 0.05) is 4.47 Å². The number of carboxylic acids is 1. The van der Waals surface area contributed by atoms with Crippen molar-refractivity contribution in [1.82, 2.24) is 5.32 Å². The number of hydrogen-bond donors (Lipinski definition) is 2.